The summed E-state index contributed by atoms with van der Waals surface area (Å²) in [7, 11) is 0. The number of carbonyl (C=O) groups is 2. The number of aryl methyl sites for hydroxylation is 1. The van der Waals surface area contributed by atoms with Gasteiger partial charge in [0.2, 0.25) is 11.8 Å². The molecule has 2 aliphatic rings. The van der Waals surface area contributed by atoms with Gasteiger partial charge in [-0.2, -0.15) is 0 Å². The van der Waals surface area contributed by atoms with E-state index in [1.54, 1.807) is 0 Å². The van der Waals surface area contributed by atoms with E-state index >= 15 is 0 Å². The Morgan fingerprint density at radius 1 is 0.900 bits per heavy atom. The maximum Gasteiger partial charge on any atom is 0.227 e. The molecule has 0 N–H and O–H groups in total. The Kier molecular flexibility index (Phi) is 6.43. The molecule has 1 aromatic heterocycles. The first-order valence-electron chi connectivity index (χ1n) is 10.9. The number of anilines is 1. The summed E-state index contributed by atoms with van der Waals surface area (Å²) < 4.78 is 0. The molecular weight excluding hydrogens is 376 g/mol. The number of aromatic nitrogens is 1. The highest BCUT2D eigenvalue weighted by atomic mass is 16.2. The first-order chi connectivity index (χ1) is 14.6. The molecule has 1 fully saturated rings. The van der Waals surface area contributed by atoms with Gasteiger partial charge in [-0.15, -0.1) is 0 Å². The molecule has 2 aliphatic heterocycles. The van der Waals surface area contributed by atoms with Crippen LogP contribution >= 0.6 is 0 Å². The predicted octanol–water partition coefficient (Wildman–Crippen LogP) is 2.79. The van der Waals surface area contributed by atoms with Crippen LogP contribution in [0.25, 0.3) is 0 Å². The van der Waals surface area contributed by atoms with Crippen LogP contribution in [-0.2, 0) is 22.6 Å². The fourth-order valence-electron chi connectivity index (χ4n) is 4.40. The Hall–Kier alpha value is -2.73. The molecule has 4 rings (SSSR count). The number of pyridine rings is 1. The van der Waals surface area contributed by atoms with Crippen molar-refractivity contribution in [2.24, 2.45) is 0 Å². The van der Waals surface area contributed by atoms with E-state index in [2.05, 4.69) is 22.0 Å². The normalized spacial score (nSPS) is 17.0. The molecule has 6 nitrogen and oxygen atoms in total. The Bertz CT molecular complexity index is 914. The van der Waals surface area contributed by atoms with Gasteiger partial charge in [-0.05, 0) is 43.5 Å². The zero-order valence-electron chi connectivity index (χ0n) is 17.7. The number of fused-ring (bicyclic) bond motifs is 1. The minimum Gasteiger partial charge on any atom is -0.341 e. The third kappa shape index (κ3) is 4.87. The second-order valence-electron chi connectivity index (χ2n) is 8.20. The van der Waals surface area contributed by atoms with E-state index in [-0.39, 0.29) is 24.7 Å². The van der Waals surface area contributed by atoms with Gasteiger partial charge in [-0.1, -0.05) is 24.3 Å². The molecule has 1 aromatic carbocycles. The molecule has 158 valence electrons. The molecule has 0 unspecified atom stereocenters. The highest BCUT2D eigenvalue weighted by Gasteiger charge is 2.25. The first-order valence-corrected chi connectivity index (χ1v) is 10.9. The fourth-order valence-corrected chi connectivity index (χ4v) is 4.40. The van der Waals surface area contributed by atoms with E-state index in [1.807, 2.05) is 47.1 Å². The van der Waals surface area contributed by atoms with Crippen LogP contribution < -0.4 is 4.90 Å². The average molecular weight is 407 g/mol. The predicted molar refractivity (Wildman–Crippen MR) is 117 cm³/mol. The highest BCUT2D eigenvalue weighted by molar-refractivity contribution is 5.97. The number of hydrogen-bond acceptors (Lipinski definition) is 4. The summed E-state index contributed by atoms with van der Waals surface area (Å²) in [5, 5.41) is 0. The van der Waals surface area contributed by atoms with Gasteiger partial charge in [0, 0.05) is 63.5 Å². The number of hydrogen-bond donors (Lipinski definition) is 0. The van der Waals surface area contributed by atoms with Gasteiger partial charge in [-0.25, -0.2) is 0 Å². The lowest BCUT2D eigenvalue weighted by Crippen LogP contribution is -2.36. The Balaban J connectivity index is 1.26. The second-order valence-corrected chi connectivity index (χ2v) is 8.20. The zero-order chi connectivity index (χ0) is 20.9. The number of amides is 2. The summed E-state index contributed by atoms with van der Waals surface area (Å²) in [6.07, 6.45) is 2.41. The summed E-state index contributed by atoms with van der Waals surface area (Å²) in [5.74, 6) is 0.140. The largest absolute Gasteiger partial charge is 0.341 e. The maximum absolute atomic E-state index is 12.7. The maximum atomic E-state index is 12.7. The number of nitrogens with zero attached hydrogens (tertiary/aromatic N) is 4. The third-order valence-corrected chi connectivity index (χ3v) is 6.01. The molecular formula is C24H30N4O2. The molecule has 0 atom stereocenters. The van der Waals surface area contributed by atoms with Crippen LogP contribution in [-0.4, -0.2) is 59.3 Å². The number of benzene rings is 1. The van der Waals surface area contributed by atoms with Gasteiger partial charge in [0.05, 0.1) is 5.69 Å². The van der Waals surface area contributed by atoms with Gasteiger partial charge in [0.1, 0.15) is 0 Å². The van der Waals surface area contributed by atoms with Crippen LogP contribution in [0.1, 0.15) is 36.2 Å². The van der Waals surface area contributed by atoms with E-state index in [0.29, 0.717) is 6.54 Å². The van der Waals surface area contributed by atoms with E-state index in [9.17, 15) is 9.59 Å². The third-order valence-electron chi connectivity index (χ3n) is 6.01. The Labute approximate surface area is 178 Å². The van der Waals surface area contributed by atoms with Gasteiger partial charge in [0.15, 0.2) is 0 Å². The van der Waals surface area contributed by atoms with Crippen molar-refractivity contribution in [1.29, 1.82) is 0 Å². The van der Waals surface area contributed by atoms with Gasteiger partial charge in [-0.3, -0.25) is 19.5 Å². The van der Waals surface area contributed by atoms with E-state index in [0.717, 1.165) is 62.6 Å². The van der Waals surface area contributed by atoms with E-state index < -0.39 is 0 Å². The number of para-hydroxylation sites is 1. The molecule has 1 saturated heterocycles. The number of carbonyl (C=O) groups excluding carboxylic acids is 2. The van der Waals surface area contributed by atoms with E-state index in [4.69, 9.17) is 0 Å². The summed E-state index contributed by atoms with van der Waals surface area (Å²) in [6, 6.07) is 14.1. The standard InChI is InChI=1S/C24H30N4O2/c1-19-6-4-8-21(25-19)18-26-13-5-14-27(17-16-26)23(29)10-11-24(30)28-15-12-20-7-2-3-9-22(20)28/h2-4,6-9H,5,10-18H2,1H3. The van der Waals surface area contributed by atoms with Crippen molar-refractivity contribution >= 4 is 17.5 Å². The first kappa shape index (κ1) is 20.5. The molecule has 30 heavy (non-hydrogen) atoms. The molecule has 3 heterocycles. The minimum absolute atomic E-state index is 0.0512. The van der Waals surface area contributed by atoms with Crippen LogP contribution in [0, 0.1) is 6.92 Å². The average Bonchev–Trinajstić information content (AvgIpc) is 3.04. The topological polar surface area (TPSA) is 56.8 Å². The van der Waals surface area contributed by atoms with Crippen molar-refractivity contribution in [1.82, 2.24) is 14.8 Å². The van der Waals surface area contributed by atoms with Crippen molar-refractivity contribution in [3.63, 3.8) is 0 Å². The summed E-state index contributed by atoms with van der Waals surface area (Å²) in [6.45, 7) is 6.82. The minimum atomic E-state index is 0.0512. The SMILES string of the molecule is Cc1cccc(CN2CCCN(C(=O)CCC(=O)N3CCc4ccccc43)CC2)n1. The van der Waals surface area contributed by atoms with E-state index in [1.165, 1.54) is 5.56 Å². The van der Waals surface area contributed by atoms with Crippen LogP contribution in [0.4, 0.5) is 5.69 Å². The monoisotopic (exact) mass is 406 g/mol. The van der Waals surface area contributed by atoms with Crippen LogP contribution in [0.3, 0.4) is 0 Å². The number of rotatable bonds is 5. The van der Waals surface area contributed by atoms with Gasteiger partial charge >= 0.3 is 0 Å². The second kappa shape index (κ2) is 9.39. The Morgan fingerprint density at radius 3 is 2.60 bits per heavy atom. The lowest BCUT2D eigenvalue weighted by molar-refractivity contribution is -0.133. The quantitative estimate of drug-likeness (QED) is 0.766. The smallest absolute Gasteiger partial charge is 0.227 e. The van der Waals surface area contributed by atoms with Gasteiger partial charge < -0.3 is 9.80 Å². The molecule has 6 heteroatoms. The molecule has 0 aliphatic carbocycles. The summed E-state index contributed by atoms with van der Waals surface area (Å²) in [4.78, 5) is 36.1. The molecule has 0 radical (unpaired) electrons. The summed E-state index contributed by atoms with van der Waals surface area (Å²) in [5.41, 5.74) is 4.33. The van der Waals surface area contributed by atoms with Crippen molar-refractivity contribution < 1.29 is 9.59 Å². The van der Waals surface area contributed by atoms with Crippen molar-refractivity contribution in [3.8, 4) is 0 Å². The van der Waals surface area contributed by atoms with Crippen molar-refractivity contribution in [3.05, 3.63) is 59.4 Å². The lowest BCUT2D eigenvalue weighted by atomic mass is 10.2. The molecule has 0 bridgehead atoms. The fraction of sp³-hybridized carbons (Fsp3) is 0.458. The Morgan fingerprint density at radius 2 is 1.73 bits per heavy atom. The van der Waals surface area contributed by atoms with Crippen LogP contribution in [0.15, 0.2) is 42.5 Å². The van der Waals surface area contributed by atoms with Crippen molar-refractivity contribution in [2.75, 3.05) is 37.6 Å². The lowest BCUT2D eigenvalue weighted by Gasteiger charge is -2.22. The molecule has 0 saturated carbocycles. The zero-order valence-corrected chi connectivity index (χ0v) is 17.7. The van der Waals surface area contributed by atoms with Crippen molar-refractivity contribution in [2.45, 2.75) is 39.2 Å². The summed E-state index contributed by atoms with van der Waals surface area (Å²) >= 11 is 0. The van der Waals surface area contributed by atoms with Crippen LogP contribution in [0.2, 0.25) is 0 Å². The molecule has 2 amide bonds. The molecule has 0 spiro atoms. The highest BCUT2D eigenvalue weighted by Crippen LogP contribution is 2.28. The molecule has 2 aromatic rings. The van der Waals surface area contributed by atoms with Crippen LogP contribution in [0.5, 0.6) is 0 Å². The van der Waals surface area contributed by atoms with Gasteiger partial charge in [0.25, 0.3) is 0 Å².